The average Bonchev–Trinajstić information content (AvgIpc) is 2.94. The van der Waals surface area contributed by atoms with Gasteiger partial charge in [-0.2, -0.15) is 4.98 Å². The Morgan fingerprint density at radius 2 is 2.14 bits per heavy atom. The van der Waals surface area contributed by atoms with Crippen molar-refractivity contribution in [2.24, 2.45) is 0 Å². The first-order valence-corrected chi connectivity index (χ1v) is 7.02. The van der Waals surface area contributed by atoms with Crippen LogP contribution in [0.3, 0.4) is 0 Å². The van der Waals surface area contributed by atoms with Crippen LogP contribution in [0.25, 0.3) is 0 Å². The van der Waals surface area contributed by atoms with Crippen LogP contribution in [0.2, 0.25) is 0 Å². The molecular formula is C15H21N3O3. The van der Waals surface area contributed by atoms with Crippen LogP contribution in [0.15, 0.2) is 22.7 Å². The predicted molar refractivity (Wildman–Crippen MR) is 78.4 cm³/mol. The lowest BCUT2D eigenvalue weighted by Crippen LogP contribution is -2.06. The fraction of sp³-hybridized carbons (Fsp3) is 0.467. The molecule has 0 spiro atoms. The minimum atomic E-state index is 0.232. The molecule has 0 radical (unpaired) electrons. The number of ether oxygens (including phenoxy) is 2. The van der Waals surface area contributed by atoms with E-state index in [1.165, 1.54) is 0 Å². The summed E-state index contributed by atoms with van der Waals surface area (Å²) in [6, 6.07) is 5.82. The van der Waals surface area contributed by atoms with Crippen molar-refractivity contribution in [3.8, 4) is 11.5 Å². The fourth-order valence-corrected chi connectivity index (χ4v) is 1.96. The first-order chi connectivity index (χ1) is 10.3. The largest absolute Gasteiger partial charge is 0.493 e. The van der Waals surface area contributed by atoms with Gasteiger partial charge in [0.1, 0.15) is 0 Å². The van der Waals surface area contributed by atoms with E-state index in [1.54, 1.807) is 7.11 Å². The topological polar surface area (TPSA) is 69.4 Å². The van der Waals surface area contributed by atoms with Gasteiger partial charge in [0.25, 0.3) is 5.89 Å². The molecule has 21 heavy (non-hydrogen) atoms. The Morgan fingerprint density at radius 3 is 2.86 bits per heavy atom. The Morgan fingerprint density at radius 1 is 1.29 bits per heavy atom. The van der Waals surface area contributed by atoms with Crippen molar-refractivity contribution in [1.29, 1.82) is 0 Å². The molecule has 6 heteroatoms. The molecule has 2 aromatic rings. The zero-order chi connectivity index (χ0) is 15.1. The van der Waals surface area contributed by atoms with E-state index in [9.17, 15) is 0 Å². The average molecular weight is 291 g/mol. The van der Waals surface area contributed by atoms with Crippen LogP contribution in [0.1, 0.15) is 30.6 Å². The molecule has 1 aromatic heterocycles. The molecule has 1 heterocycles. The number of hydrogen-bond acceptors (Lipinski definition) is 6. The predicted octanol–water partition coefficient (Wildman–Crippen LogP) is 2.33. The minimum absolute atomic E-state index is 0.232. The van der Waals surface area contributed by atoms with Crippen LogP contribution in [0, 0.1) is 0 Å². The third-order valence-electron chi connectivity index (χ3n) is 2.94. The van der Waals surface area contributed by atoms with Crippen LogP contribution in [-0.4, -0.2) is 24.3 Å². The summed E-state index contributed by atoms with van der Waals surface area (Å²) in [5.41, 5.74) is 1.12. The molecule has 6 nitrogen and oxygen atoms in total. The quantitative estimate of drug-likeness (QED) is 0.805. The summed E-state index contributed by atoms with van der Waals surface area (Å²) in [5.74, 6) is 2.54. The van der Waals surface area contributed by atoms with Gasteiger partial charge in [-0.15, -0.1) is 0 Å². The lowest BCUT2D eigenvalue weighted by Gasteiger charge is -2.11. The minimum Gasteiger partial charge on any atom is -0.493 e. The van der Waals surface area contributed by atoms with Crippen molar-refractivity contribution in [2.45, 2.75) is 32.9 Å². The van der Waals surface area contributed by atoms with Gasteiger partial charge in [0.15, 0.2) is 23.9 Å². The Balaban J connectivity index is 2.04. The fourth-order valence-electron chi connectivity index (χ4n) is 1.96. The lowest BCUT2D eigenvalue weighted by atomic mass is 10.2. The van der Waals surface area contributed by atoms with Crippen LogP contribution in [0.5, 0.6) is 11.5 Å². The lowest BCUT2D eigenvalue weighted by molar-refractivity contribution is 0.233. The summed E-state index contributed by atoms with van der Waals surface area (Å²) in [5, 5.41) is 7.00. The van der Waals surface area contributed by atoms with Crippen LogP contribution in [-0.2, 0) is 19.6 Å². The van der Waals surface area contributed by atoms with Crippen molar-refractivity contribution in [1.82, 2.24) is 15.5 Å². The molecule has 0 saturated heterocycles. The molecule has 0 fully saturated rings. The highest BCUT2D eigenvalue weighted by Gasteiger charge is 2.10. The molecule has 0 bridgehead atoms. The smallest absolute Gasteiger partial charge is 0.264 e. The molecule has 0 aliphatic rings. The van der Waals surface area contributed by atoms with E-state index in [1.807, 2.05) is 25.2 Å². The maximum absolute atomic E-state index is 5.74. The van der Waals surface area contributed by atoms with E-state index in [2.05, 4.69) is 22.4 Å². The molecule has 1 aromatic carbocycles. The number of aromatic nitrogens is 2. The van der Waals surface area contributed by atoms with Gasteiger partial charge in [-0.1, -0.05) is 18.1 Å². The van der Waals surface area contributed by atoms with Gasteiger partial charge >= 0.3 is 0 Å². The Labute approximate surface area is 124 Å². The summed E-state index contributed by atoms with van der Waals surface area (Å²) in [6.45, 7) is 3.07. The van der Waals surface area contributed by atoms with Crippen molar-refractivity contribution in [2.75, 3.05) is 14.2 Å². The van der Waals surface area contributed by atoms with Crippen LogP contribution >= 0.6 is 0 Å². The molecule has 114 valence electrons. The van der Waals surface area contributed by atoms with E-state index in [-0.39, 0.29) is 6.61 Å². The van der Waals surface area contributed by atoms with E-state index in [0.29, 0.717) is 23.2 Å². The standard InChI is InChI=1S/C15H21N3O3/c1-4-5-14-17-15(21-18-14)10-20-13-8-11(9-16-2)6-7-12(13)19-3/h6-8,16H,4-5,9-10H2,1-3H3. The van der Waals surface area contributed by atoms with Crippen LogP contribution in [0.4, 0.5) is 0 Å². The number of methoxy groups -OCH3 is 1. The third-order valence-corrected chi connectivity index (χ3v) is 2.94. The molecule has 0 aliphatic heterocycles. The molecule has 0 aliphatic carbocycles. The zero-order valence-corrected chi connectivity index (χ0v) is 12.7. The van der Waals surface area contributed by atoms with E-state index in [4.69, 9.17) is 14.0 Å². The number of rotatable bonds is 8. The van der Waals surface area contributed by atoms with Crippen molar-refractivity contribution < 1.29 is 14.0 Å². The number of nitrogens with zero attached hydrogens (tertiary/aromatic N) is 2. The van der Waals surface area contributed by atoms with E-state index < -0.39 is 0 Å². The highest BCUT2D eigenvalue weighted by molar-refractivity contribution is 5.42. The normalized spacial score (nSPS) is 10.6. The van der Waals surface area contributed by atoms with Gasteiger partial charge in [-0.05, 0) is 31.2 Å². The summed E-state index contributed by atoms with van der Waals surface area (Å²) < 4.78 is 16.2. The zero-order valence-electron chi connectivity index (χ0n) is 12.7. The summed E-state index contributed by atoms with van der Waals surface area (Å²) >= 11 is 0. The maximum Gasteiger partial charge on any atom is 0.264 e. The van der Waals surface area contributed by atoms with Gasteiger partial charge in [0.05, 0.1) is 7.11 Å². The van der Waals surface area contributed by atoms with Gasteiger partial charge in [0.2, 0.25) is 0 Å². The summed E-state index contributed by atoms with van der Waals surface area (Å²) in [6.07, 6.45) is 1.80. The molecule has 0 unspecified atom stereocenters. The Bertz CT molecular complexity index is 569. The highest BCUT2D eigenvalue weighted by Crippen LogP contribution is 2.28. The Kier molecular flexibility index (Phi) is 5.57. The second-order valence-corrected chi connectivity index (χ2v) is 4.66. The van der Waals surface area contributed by atoms with Crippen molar-refractivity contribution >= 4 is 0 Å². The summed E-state index contributed by atoms with van der Waals surface area (Å²) in [4.78, 5) is 4.27. The number of nitrogens with one attached hydrogen (secondary N) is 1. The molecular weight excluding hydrogens is 270 g/mol. The number of benzene rings is 1. The van der Waals surface area contributed by atoms with Gasteiger partial charge in [0, 0.05) is 13.0 Å². The first kappa shape index (κ1) is 15.3. The maximum atomic E-state index is 5.74. The first-order valence-electron chi connectivity index (χ1n) is 7.02. The molecule has 0 amide bonds. The second kappa shape index (κ2) is 7.64. The molecule has 2 rings (SSSR count). The SMILES string of the molecule is CCCc1noc(COc2cc(CNC)ccc2OC)n1. The van der Waals surface area contributed by atoms with E-state index in [0.717, 1.165) is 24.9 Å². The van der Waals surface area contributed by atoms with Gasteiger partial charge in [-0.3, -0.25) is 0 Å². The number of hydrogen-bond donors (Lipinski definition) is 1. The third kappa shape index (κ3) is 4.19. The molecule has 1 N–H and O–H groups in total. The summed E-state index contributed by atoms with van der Waals surface area (Å²) in [7, 11) is 3.52. The van der Waals surface area contributed by atoms with Crippen LogP contribution < -0.4 is 14.8 Å². The van der Waals surface area contributed by atoms with Crippen molar-refractivity contribution in [3.63, 3.8) is 0 Å². The molecule has 0 atom stereocenters. The number of aryl methyl sites for hydroxylation is 1. The monoisotopic (exact) mass is 291 g/mol. The van der Waals surface area contributed by atoms with Gasteiger partial charge < -0.3 is 19.3 Å². The van der Waals surface area contributed by atoms with E-state index >= 15 is 0 Å². The highest BCUT2D eigenvalue weighted by atomic mass is 16.5. The molecule has 0 saturated carbocycles. The Hall–Kier alpha value is -2.08. The van der Waals surface area contributed by atoms with Crippen molar-refractivity contribution in [3.05, 3.63) is 35.5 Å². The second-order valence-electron chi connectivity index (χ2n) is 4.66. The van der Waals surface area contributed by atoms with Gasteiger partial charge in [-0.25, -0.2) is 0 Å².